The van der Waals surface area contributed by atoms with Gasteiger partial charge in [0.05, 0.1) is 24.7 Å². The van der Waals surface area contributed by atoms with E-state index in [9.17, 15) is 0 Å². The van der Waals surface area contributed by atoms with Crippen molar-refractivity contribution in [1.29, 1.82) is 0 Å². The van der Waals surface area contributed by atoms with E-state index in [4.69, 9.17) is 0 Å². The average molecular weight is 279 g/mol. The molecule has 3 atom stereocenters. The van der Waals surface area contributed by atoms with Crippen molar-refractivity contribution in [1.82, 2.24) is 4.98 Å². The maximum atomic E-state index is 3.83. The van der Waals surface area contributed by atoms with Gasteiger partial charge < -0.3 is 9.47 Å². The van der Waals surface area contributed by atoms with Gasteiger partial charge in [-0.05, 0) is 31.1 Å². The van der Waals surface area contributed by atoms with Crippen molar-refractivity contribution in [2.45, 2.75) is 32.2 Å². The maximum Gasteiger partial charge on any atom is 0.144 e. The summed E-state index contributed by atoms with van der Waals surface area (Å²) in [6.07, 6.45) is 5.00. The summed E-state index contributed by atoms with van der Waals surface area (Å²) in [6, 6.07) is 8.87. The normalized spacial score (nSPS) is 39.0. The van der Waals surface area contributed by atoms with Crippen LogP contribution in [0.5, 0.6) is 0 Å². The number of piperidine rings is 1. The van der Waals surface area contributed by atoms with Gasteiger partial charge in [-0.25, -0.2) is 0 Å². The van der Waals surface area contributed by atoms with Gasteiger partial charge >= 0.3 is 0 Å². The summed E-state index contributed by atoms with van der Waals surface area (Å²) in [7, 11) is 0. The lowest BCUT2D eigenvalue weighted by molar-refractivity contribution is -0.961. The van der Waals surface area contributed by atoms with E-state index >= 15 is 0 Å². The predicted molar refractivity (Wildman–Crippen MR) is 86.1 cm³/mol. The summed E-state index contributed by atoms with van der Waals surface area (Å²) >= 11 is 0. The van der Waals surface area contributed by atoms with Crippen molar-refractivity contribution in [3.63, 3.8) is 0 Å². The van der Waals surface area contributed by atoms with E-state index in [0.29, 0.717) is 0 Å². The van der Waals surface area contributed by atoms with Crippen molar-refractivity contribution in [3.8, 4) is 0 Å². The molecule has 0 saturated carbocycles. The standard InChI is InChI=1S/C19H23N2/c1-3-13-12-21-10-8-15-14-6-4-5-7-17(14)20-18(15)19(21,2)16(13)9-11-21/h3-7,16,20H,8-12H2,1-2H3/q+1/b13-3-/t16-,19+,21?/m1/s1. The Hall–Kier alpha value is -1.54. The molecule has 1 aromatic carbocycles. The highest BCUT2D eigenvalue weighted by Crippen LogP contribution is 2.60. The lowest BCUT2D eigenvalue weighted by atomic mass is 9.78. The number of hydrogen-bond acceptors (Lipinski definition) is 0. The SMILES string of the molecule is C/C=C1/C[N+]23CCc4c([nH]c5ccccc45)[C@]2(C)[C@@H]1CC3. The maximum absolute atomic E-state index is 3.83. The Morgan fingerprint density at radius 1 is 1.29 bits per heavy atom. The quantitative estimate of drug-likeness (QED) is 0.558. The van der Waals surface area contributed by atoms with Crippen molar-refractivity contribution >= 4 is 10.9 Å². The van der Waals surface area contributed by atoms with Crippen LogP contribution in [-0.4, -0.2) is 29.1 Å². The largest absolute Gasteiger partial charge is 0.353 e. The van der Waals surface area contributed by atoms with Crippen LogP contribution in [0, 0.1) is 5.92 Å². The fourth-order valence-electron chi connectivity index (χ4n) is 5.81. The molecule has 0 radical (unpaired) electrons. The van der Waals surface area contributed by atoms with Crippen LogP contribution in [0.2, 0.25) is 0 Å². The molecule has 108 valence electrons. The third-order valence-corrected chi connectivity index (χ3v) is 6.92. The molecule has 0 amide bonds. The van der Waals surface area contributed by atoms with E-state index in [-0.39, 0.29) is 5.54 Å². The van der Waals surface area contributed by atoms with Gasteiger partial charge in [-0.2, -0.15) is 0 Å². The summed E-state index contributed by atoms with van der Waals surface area (Å²) in [6.45, 7) is 8.74. The number of hydrogen-bond donors (Lipinski definition) is 1. The molecule has 21 heavy (non-hydrogen) atoms. The summed E-state index contributed by atoms with van der Waals surface area (Å²) in [5.41, 5.74) is 6.48. The Kier molecular flexibility index (Phi) is 2.07. The zero-order valence-corrected chi connectivity index (χ0v) is 12.9. The van der Waals surface area contributed by atoms with Crippen LogP contribution in [0.3, 0.4) is 0 Å². The molecule has 1 aromatic heterocycles. The molecule has 2 aromatic rings. The number of nitrogens with one attached hydrogen (secondary N) is 1. The molecule has 2 nitrogen and oxygen atoms in total. The molecular formula is C19H23N2+. The van der Waals surface area contributed by atoms with Crippen LogP contribution in [-0.2, 0) is 12.0 Å². The zero-order valence-electron chi connectivity index (χ0n) is 12.9. The molecule has 1 unspecified atom stereocenters. The number of aromatic amines is 1. The second-order valence-corrected chi connectivity index (χ2v) is 7.38. The number of para-hydroxylation sites is 1. The first-order chi connectivity index (χ1) is 10.2. The third-order valence-electron chi connectivity index (χ3n) is 6.92. The Morgan fingerprint density at radius 2 is 2.14 bits per heavy atom. The summed E-state index contributed by atoms with van der Waals surface area (Å²) in [5.74, 6) is 0.745. The van der Waals surface area contributed by atoms with Crippen LogP contribution in [0.1, 0.15) is 31.5 Å². The number of rotatable bonds is 0. The molecule has 0 spiro atoms. The van der Waals surface area contributed by atoms with Gasteiger partial charge in [0.25, 0.3) is 0 Å². The molecular weight excluding hydrogens is 256 g/mol. The second-order valence-electron chi connectivity index (χ2n) is 7.38. The Bertz CT molecular complexity index is 784. The molecule has 3 aliphatic rings. The minimum atomic E-state index is 0.286. The molecule has 1 N–H and O–H groups in total. The van der Waals surface area contributed by atoms with E-state index in [1.54, 1.807) is 16.8 Å². The molecule has 2 bridgehead atoms. The monoisotopic (exact) mass is 279 g/mol. The van der Waals surface area contributed by atoms with Gasteiger partial charge in [0, 0.05) is 23.7 Å². The summed E-state index contributed by atoms with van der Waals surface area (Å²) in [4.78, 5) is 3.83. The molecule has 5 rings (SSSR count). The average Bonchev–Trinajstić information content (AvgIpc) is 3.11. The van der Waals surface area contributed by atoms with Crippen molar-refractivity contribution in [3.05, 3.63) is 47.2 Å². The molecule has 2 fully saturated rings. The molecule has 4 heterocycles. The van der Waals surface area contributed by atoms with Gasteiger partial charge in [0.1, 0.15) is 12.1 Å². The third kappa shape index (κ3) is 1.17. The molecule has 2 saturated heterocycles. The predicted octanol–water partition coefficient (Wildman–Crippen LogP) is 3.74. The van der Waals surface area contributed by atoms with E-state index in [0.717, 1.165) is 5.92 Å². The molecule has 2 heteroatoms. The van der Waals surface area contributed by atoms with E-state index in [2.05, 4.69) is 49.2 Å². The minimum absolute atomic E-state index is 0.286. The smallest absolute Gasteiger partial charge is 0.144 e. The van der Waals surface area contributed by atoms with Crippen molar-refractivity contribution in [2.75, 3.05) is 19.6 Å². The van der Waals surface area contributed by atoms with E-state index in [1.807, 2.05) is 0 Å². The van der Waals surface area contributed by atoms with Crippen LogP contribution in [0.25, 0.3) is 10.9 Å². The first-order valence-corrected chi connectivity index (χ1v) is 8.31. The van der Waals surface area contributed by atoms with Gasteiger partial charge in [-0.1, -0.05) is 24.3 Å². The first kappa shape index (κ1) is 12.0. The highest BCUT2D eigenvalue weighted by Gasteiger charge is 2.67. The fraction of sp³-hybridized carbons (Fsp3) is 0.474. The number of nitrogens with zero attached hydrogens (tertiary/aromatic N) is 1. The van der Waals surface area contributed by atoms with Crippen LogP contribution >= 0.6 is 0 Å². The number of aromatic nitrogens is 1. The Morgan fingerprint density at radius 3 is 3.00 bits per heavy atom. The van der Waals surface area contributed by atoms with Crippen molar-refractivity contribution in [2.24, 2.45) is 5.92 Å². The van der Waals surface area contributed by atoms with Crippen LogP contribution < -0.4 is 0 Å². The van der Waals surface area contributed by atoms with Crippen molar-refractivity contribution < 1.29 is 4.48 Å². The number of H-pyrrole nitrogens is 1. The lowest BCUT2D eigenvalue weighted by Crippen LogP contribution is -2.58. The number of allylic oxidation sites excluding steroid dienone is 1. The van der Waals surface area contributed by atoms with Gasteiger partial charge in [0.2, 0.25) is 0 Å². The Balaban J connectivity index is 1.83. The molecule has 3 aliphatic heterocycles. The zero-order chi connectivity index (χ0) is 14.2. The summed E-state index contributed by atoms with van der Waals surface area (Å²) in [5, 5.41) is 1.46. The lowest BCUT2D eigenvalue weighted by Gasteiger charge is -2.46. The number of benzene rings is 1. The second kappa shape index (κ2) is 3.61. The minimum Gasteiger partial charge on any atom is -0.353 e. The highest BCUT2D eigenvalue weighted by molar-refractivity contribution is 5.85. The van der Waals surface area contributed by atoms with Crippen LogP contribution in [0.15, 0.2) is 35.9 Å². The topological polar surface area (TPSA) is 15.8 Å². The van der Waals surface area contributed by atoms with Gasteiger partial charge in [-0.3, -0.25) is 0 Å². The van der Waals surface area contributed by atoms with E-state index in [1.165, 1.54) is 47.9 Å². The number of quaternary nitrogens is 1. The fourth-order valence-corrected chi connectivity index (χ4v) is 5.81. The highest BCUT2D eigenvalue weighted by atomic mass is 15.5. The number of fused-ring (bicyclic) bond motifs is 3. The molecule has 0 aliphatic carbocycles. The van der Waals surface area contributed by atoms with Gasteiger partial charge in [0.15, 0.2) is 0 Å². The first-order valence-electron chi connectivity index (χ1n) is 8.31. The van der Waals surface area contributed by atoms with Crippen LogP contribution in [0.4, 0.5) is 0 Å². The van der Waals surface area contributed by atoms with Gasteiger partial charge in [-0.15, -0.1) is 0 Å². The van der Waals surface area contributed by atoms with E-state index < -0.39 is 0 Å². The Labute approximate surface area is 126 Å². The summed E-state index contributed by atoms with van der Waals surface area (Å²) < 4.78 is 1.30.